The summed E-state index contributed by atoms with van der Waals surface area (Å²) in [5.74, 6) is 0.413. The van der Waals surface area contributed by atoms with Crippen molar-refractivity contribution in [2.24, 2.45) is 5.10 Å². The molecule has 0 aliphatic carbocycles. The van der Waals surface area contributed by atoms with Crippen LogP contribution in [0.15, 0.2) is 59.7 Å². The molecule has 0 spiro atoms. The van der Waals surface area contributed by atoms with Crippen LogP contribution in [0, 0.1) is 13.8 Å². The van der Waals surface area contributed by atoms with Crippen LogP contribution >= 0.6 is 11.6 Å². The number of methoxy groups -OCH3 is 1. The molecule has 0 fully saturated rings. The molecule has 0 atom stereocenters. The summed E-state index contributed by atoms with van der Waals surface area (Å²) in [6, 6.07) is 16.5. The second-order valence-electron chi connectivity index (χ2n) is 6.04. The van der Waals surface area contributed by atoms with Gasteiger partial charge in [0.1, 0.15) is 5.75 Å². The van der Waals surface area contributed by atoms with E-state index in [0.29, 0.717) is 16.3 Å². The Kier molecular flexibility index (Phi) is 5.62. The molecule has 1 aromatic heterocycles. The molecule has 1 amide bonds. The lowest BCUT2D eigenvalue weighted by molar-refractivity contribution is 0.0955. The molecule has 3 aromatic rings. The Labute approximate surface area is 163 Å². The maximum Gasteiger partial charge on any atom is 0.271 e. The van der Waals surface area contributed by atoms with Gasteiger partial charge in [0.15, 0.2) is 0 Å². The highest BCUT2D eigenvalue weighted by Gasteiger charge is 2.12. The van der Waals surface area contributed by atoms with Crippen LogP contribution in [0.2, 0.25) is 5.02 Å². The summed E-state index contributed by atoms with van der Waals surface area (Å²) in [5, 5.41) is 4.77. The van der Waals surface area contributed by atoms with Gasteiger partial charge in [-0.15, -0.1) is 0 Å². The number of benzene rings is 2. The van der Waals surface area contributed by atoms with Crippen LogP contribution in [0.5, 0.6) is 5.75 Å². The minimum atomic E-state index is -0.284. The van der Waals surface area contributed by atoms with E-state index in [9.17, 15) is 4.79 Å². The number of ether oxygens (including phenoxy) is 1. The fourth-order valence-electron chi connectivity index (χ4n) is 2.89. The number of hydrazone groups is 1. The molecule has 1 N–H and O–H groups in total. The number of carbonyl (C=O) groups is 1. The second kappa shape index (κ2) is 8.10. The third-order valence-electron chi connectivity index (χ3n) is 4.29. The largest absolute Gasteiger partial charge is 0.497 e. The van der Waals surface area contributed by atoms with Gasteiger partial charge in [-0.05, 0) is 56.3 Å². The van der Waals surface area contributed by atoms with Gasteiger partial charge >= 0.3 is 0 Å². The van der Waals surface area contributed by atoms with Crippen LogP contribution < -0.4 is 10.2 Å². The molecule has 0 unspecified atom stereocenters. The highest BCUT2D eigenvalue weighted by molar-refractivity contribution is 6.32. The number of carbonyl (C=O) groups excluding carboxylic acids is 1. The van der Waals surface area contributed by atoms with Crippen LogP contribution in [0.1, 0.15) is 27.3 Å². The number of aromatic nitrogens is 1. The average Bonchev–Trinajstić information content (AvgIpc) is 2.96. The first kappa shape index (κ1) is 18.7. The van der Waals surface area contributed by atoms with Gasteiger partial charge in [-0.3, -0.25) is 4.79 Å². The first-order valence-corrected chi connectivity index (χ1v) is 8.80. The third-order valence-corrected chi connectivity index (χ3v) is 4.61. The highest BCUT2D eigenvalue weighted by atomic mass is 35.5. The van der Waals surface area contributed by atoms with Gasteiger partial charge in [0, 0.05) is 22.5 Å². The number of nitrogens with zero attached hydrogens (tertiary/aromatic N) is 2. The molecule has 1 heterocycles. The van der Waals surface area contributed by atoms with Gasteiger partial charge in [-0.1, -0.05) is 23.7 Å². The van der Waals surface area contributed by atoms with Crippen LogP contribution in [-0.4, -0.2) is 23.8 Å². The van der Waals surface area contributed by atoms with Crippen LogP contribution in [0.3, 0.4) is 0 Å². The SMILES string of the molecule is COc1ccc(C(=O)N/N=C\c2cc(C)n(-c3ccccc3Cl)c2C)cc1. The topological polar surface area (TPSA) is 55.6 Å². The van der Waals surface area contributed by atoms with Crippen LogP contribution in [0.25, 0.3) is 5.69 Å². The average molecular weight is 382 g/mol. The second-order valence-corrected chi connectivity index (χ2v) is 6.45. The van der Waals surface area contributed by atoms with E-state index < -0.39 is 0 Å². The molecule has 0 radical (unpaired) electrons. The fraction of sp³-hybridized carbons (Fsp3) is 0.143. The van der Waals surface area contributed by atoms with E-state index in [2.05, 4.69) is 15.1 Å². The van der Waals surface area contributed by atoms with Crippen LogP contribution in [-0.2, 0) is 0 Å². The number of hydrogen-bond acceptors (Lipinski definition) is 3. The van der Waals surface area contributed by atoms with Gasteiger partial charge in [-0.25, -0.2) is 5.43 Å². The summed E-state index contributed by atoms with van der Waals surface area (Å²) in [4.78, 5) is 12.2. The maximum atomic E-state index is 12.2. The van der Waals surface area contributed by atoms with Crippen molar-refractivity contribution in [3.63, 3.8) is 0 Å². The molecule has 0 bridgehead atoms. The molecular weight excluding hydrogens is 362 g/mol. The van der Waals surface area contributed by atoms with Gasteiger partial charge < -0.3 is 9.30 Å². The molecular formula is C21H20ClN3O2. The highest BCUT2D eigenvalue weighted by Crippen LogP contribution is 2.25. The lowest BCUT2D eigenvalue weighted by Crippen LogP contribution is -2.17. The van der Waals surface area contributed by atoms with Crippen molar-refractivity contribution in [3.8, 4) is 11.4 Å². The number of para-hydroxylation sites is 1. The number of hydrogen-bond donors (Lipinski definition) is 1. The fourth-order valence-corrected chi connectivity index (χ4v) is 3.11. The van der Waals surface area contributed by atoms with Crippen molar-refractivity contribution in [1.82, 2.24) is 9.99 Å². The van der Waals surface area contributed by atoms with Crippen molar-refractivity contribution in [1.29, 1.82) is 0 Å². The Morgan fingerprint density at radius 3 is 2.52 bits per heavy atom. The smallest absolute Gasteiger partial charge is 0.271 e. The first-order chi connectivity index (χ1) is 13.0. The normalized spacial score (nSPS) is 11.0. The van der Waals surface area contributed by atoms with Crippen molar-refractivity contribution >= 4 is 23.7 Å². The summed E-state index contributed by atoms with van der Waals surface area (Å²) < 4.78 is 7.15. The first-order valence-electron chi connectivity index (χ1n) is 8.42. The predicted octanol–water partition coefficient (Wildman–Crippen LogP) is 4.52. The van der Waals surface area contributed by atoms with E-state index in [1.807, 2.05) is 44.2 Å². The van der Waals surface area contributed by atoms with E-state index in [-0.39, 0.29) is 5.91 Å². The van der Waals surface area contributed by atoms with Crippen molar-refractivity contribution < 1.29 is 9.53 Å². The zero-order valence-corrected chi connectivity index (χ0v) is 16.1. The van der Waals surface area contributed by atoms with Gasteiger partial charge in [0.25, 0.3) is 5.91 Å². The van der Waals surface area contributed by atoms with E-state index in [1.54, 1.807) is 37.6 Å². The monoisotopic (exact) mass is 381 g/mol. The summed E-state index contributed by atoms with van der Waals surface area (Å²) in [6.07, 6.45) is 1.64. The molecule has 2 aromatic carbocycles. The zero-order chi connectivity index (χ0) is 19.4. The Morgan fingerprint density at radius 2 is 1.85 bits per heavy atom. The zero-order valence-electron chi connectivity index (χ0n) is 15.4. The summed E-state index contributed by atoms with van der Waals surface area (Å²) in [6.45, 7) is 3.99. The van der Waals surface area contributed by atoms with E-state index in [4.69, 9.17) is 16.3 Å². The number of amides is 1. The Hall–Kier alpha value is -3.05. The van der Waals surface area contributed by atoms with Gasteiger partial charge in [0.05, 0.1) is 24.0 Å². The summed E-state index contributed by atoms with van der Waals surface area (Å²) in [7, 11) is 1.58. The van der Waals surface area contributed by atoms with Crippen molar-refractivity contribution in [2.75, 3.05) is 7.11 Å². The Bertz CT molecular complexity index is 991. The molecule has 0 aliphatic rings. The van der Waals surface area contributed by atoms with E-state index >= 15 is 0 Å². The molecule has 138 valence electrons. The Morgan fingerprint density at radius 1 is 1.15 bits per heavy atom. The number of aryl methyl sites for hydroxylation is 1. The quantitative estimate of drug-likeness (QED) is 0.521. The predicted molar refractivity (Wildman–Crippen MR) is 108 cm³/mol. The Balaban J connectivity index is 1.77. The standard InChI is InChI=1S/C21H20ClN3O2/c1-14-12-17(15(2)25(14)20-7-5-4-6-19(20)22)13-23-24-21(26)16-8-10-18(27-3)11-9-16/h4-13H,1-3H3,(H,24,26)/b23-13-. The molecule has 0 saturated carbocycles. The van der Waals surface area contributed by atoms with Gasteiger partial charge in [-0.2, -0.15) is 5.10 Å². The molecule has 0 saturated heterocycles. The maximum absolute atomic E-state index is 12.2. The summed E-state index contributed by atoms with van der Waals surface area (Å²) >= 11 is 6.33. The minimum Gasteiger partial charge on any atom is -0.497 e. The van der Waals surface area contributed by atoms with Crippen molar-refractivity contribution in [3.05, 3.63) is 82.1 Å². The van der Waals surface area contributed by atoms with E-state index in [1.165, 1.54) is 0 Å². The third kappa shape index (κ3) is 4.04. The van der Waals surface area contributed by atoms with Crippen molar-refractivity contribution in [2.45, 2.75) is 13.8 Å². The lowest BCUT2D eigenvalue weighted by atomic mass is 10.2. The lowest BCUT2D eigenvalue weighted by Gasteiger charge is -2.11. The molecule has 0 aliphatic heterocycles. The van der Waals surface area contributed by atoms with Gasteiger partial charge in [0.2, 0.25) is 0 Å². The number of rotatable bonds is 5. The number of nitrogens with one attached hydrogen (secondary N) is 1. The molecule has 3 rings (SSSR count). The minimum absolute atomic E-state index is 0.284. The summed E-state index contributed by atoms with van der Waals surface area (Å²) in [5.41, 5.74) is 6.89. The molecule has 6 heteroatoms. The molecule has 5 nitrogen and oxygen atoms in total. The molecule has 27 heavy (non-hydrogen) atoms. The number of halogens is 1. The van der Waals surface area contributed by atoms with E-state index in [0.717, 1.165) is 22.6 Å². The van der Waals surface area contributed by atoms with Crippen LogP contribution in [0.4, 0.5) is 0 Å².